The van der Waals surface area contributed by atoms with E-state index in [1.54, 1.807) is 7.11 Å². The van der Waals surface area contributed by atoms with Gasteiger partial charge in [-0.25, -0.2) is 0 Å². The molecule has 0 fully saturated rings. The number of carbonyl (C=O) groups excluding carboxylic acids is 1. The Balaban J connectivity index is 1.60. The van der Waals surface area contributed by atoms with Crippen molar-refractivity contribution in [1.29, 1.82) is 0 Å². The summed E-state index contributed by atoms with van der Waals surface area (Å²) in [5.41, 5.74) is 5.47. The highest BCUT2D eigenvalue weighted by atomic mass is 16.5. The van der Waals surface area contributed by atoms with E-state index in [4.69, 9.17) is 14.0 Å². The summed E-state index contributed by atoms with van der Waals surface area (Å²) in [5, 5.41) is 7.59. The first-order valence-electron chi connectivity index (χ1n) is 11.0. The fourth-order valence-corrected chi connectivity index (χ4v) is 4.90. The van der Waals surface area contributed by atoms with Crippen LogP contribution in [-0.2, 0) is 4.79 Å². The molecule has 1 aliphatic carbocycles. The van der Waals surface area contributed by atoms with Crippen molar-refractivity contribution < 1.29 is 18.8 Å². The number of aryl methyl sites for hydroxylation is 1. The van der Waals surface area contributed by atoms with Crippen molar-refractivity contribution in [3.63, 3.8) is 0 Å². The van der Waals surface area contributed by atoms with Crippen molar-refractivity contribution in [2.24, 2.45) is 0 Å². The Morgan fingerprint density at radius 2 is 1.91 bits per heavy atom. The Morgan fingerprint density at radius 3 is 2.66 bits per heavy atom. The van der Waals surface area contributed by atoms with Crippen LogP contribution >= 0.6 is 0 Å². The second-order valence-corrected chi connectivity index (χ2v) is 8.23. The molecule has 5 rings (SSSR count). The second kappa shape index (κ2) is 8.19. The van der Waals surface area contributed by atoms with Gasteiger partial charge in [0, 0.05) is 23.3 Å². The molecule has 0 radical (unpaired) electrons. The lowest BCUT2D eigenvalue weighted by atomic mass is 9.72. The number of methoxy groups -OCH3 is 1. The van der Waals surface area contributed by atoms with Crippen LogP contribution in [0.3, 0.4) is 0 Å². The number of ketones is 1. The largest absolute Gasteiger partial charge is 0.497 e. The minimum absolute atomic E-state index is 0.0908. The van der Waals surface area contributed by atoms with Crippen LogP contribution in [0.25, 0.3) is 0 Å². The van der Waals surface area contributed by atoms with Gasteiger partial charge in [0.15, 0.2) is 5.78 Å². The van der Waals surface area contributed by atoms with E-state index >= 15 is 0 Å². The van der Waals surface area contributed by atoms with Crippen molar-refractivity contribution >= 4 is 11.7 Å². The number of benzene rings is 2. The molecule has 0 saturated heterocycles. The van der Waals surface area contributed by atoms with E-state index in [-0.39, 0.29) is 17.6 Å². The van der Waals surface area contributed by atoms with Gasteiger partial charge in [-0.05, 0) is 49.9 Å². The predicted octanol–water partition coefficient (Wildman–Crippen LogP) is 5.35. The van der Waals surface area contributed by atoms with Gasteiger partial charge in [-0.15, -0.1) is 0 Å². The molecule has 1 aliphatic heterocycles. The molecule has 2 unspecified atom stereocenters. The molecule has 2 aromatic carbocycles. The fraction of sp³-hybridized carbons (Fsp3) is 0.308. The van der Waals surface area contributed by atoms with Gasteiger partial charge in [0.1, 0.15) is 11.5 Å². The average molecular weight is 431 g/mol. The highest BCUT2D eigenvalue weighted by Gasteiger charge is 2.42. The minimum Gasteiger partial charge on any atom is -0.497 e. The van der Waals surface area contributed by atoms with E-state index in [1.807, 2.05) is 62.4 Å². The maximum Gasteiger partial charge on any atom is 0.233 e. The standard InChI is InChI=1S/C26H26N2O4/c1-4-31-22-8-6-5-7-19(22)24-23-15(2)28-32-26(23)27-20-13-17(14-21(29)25(20)24)16-9-11-18(30-3)12-10-16/h5-12,17,24,27H,4,13-14H2,1-3H3. The zero-order valence-corrected chi connectivity index (χ0v) is 18.5. The Labute approximate surface area is 187 Å². The Morgan fingerprint density at radius 1 is 1.12 bits per heavy atom. The summed E-state index contributed by atoms with van der Waals surface area (Å²) in [6, 6.07) is 15.9. The summed E-state index contributed by atoms with van der Waals surface area (Å²) < 4.78 is 16.8. The van der Waals surface area contributed by atoms with Crippen LogP contribution in [0.15, 0.2) is 64.3 Å². The number of hydrogen-bond donors (Lipinski definition) is 1. The summed E-state index contributed by atoms with van der Waals surface area (Å²) in [4.78, 5) is 13.6. The maximum atomic E-state index is 13.6. The lowest BCUT2D eigenvalue weighted by molar-refractivity contribution is -0.116. The van der Waals surface area contributed by atoms with Crippen LogP contribution in [0.4, 0.5) is 5.88 Å². The zero-order chi connectivity index (χ0) is 22.2. The second-order valence-electron chi connectivity index (χ2n) is 8.23. The lowest BCUT2D eigenvalue weighted by Crippen LogP contribution is -2.29. The highest BCUT2D eigenvalue weighted by molar-refractivity contribution is 6.01. The highest BCUT2D eigenvalue weighted by Crippen LogP contribution is 2.50. The molecule has 2 heterocycles. The van der Waals surface area contributed by atoms with Crippen LogP contribution in [0, 0.1) is 6.92 Å². The number of para-hydroxylation sites is 1. The van der Waals surface area contributed by atoms with E-state index in [0.717, 1.165) is 51.6 Å². The lowest BCUT2D eigenvalue weighted by Gasteiger charge is -2.35. The van der Waals surface area contributed by atoms with Crippen molar-refractivity contribution in [3.05, 3.63) is 82.2 Å². The van der Waals surface area contributed by atoms with E-state index < -0.39 is 0 Å². The van der Waals surface area contributed by atoms with Gasteiger partial charge in [0.05, 0.1) is 30.9 Å². The number of anilines is 1. The van der Waals surface area contributed by atoms with Crippen LogP contribution in [0.1, 0.15) is 54.0 Å². The third kappa shape index (κ3) is 3.36. The SMILES string of the molecule is CCOc1ccccc1C1C2=C(CC(c3ccc(OC)cc3)CC2=O)Nc2onc(C)c21. The molecule has 6 heteroatoms. The number of allylic oxidation sites excluding steroid dienone is 2. The smallest absolute Gasteiger partial charge is 0.233 e. The summed E-state index contributed by atoms with van der Waals surface area (Å²) in [7, 11) is 1.65. The molecule has 3 aromatic rings. The molecule has 0 bridgehead atoms. The fourth-order valence-electron chi connectivity index (χ4n) is 4.90. The van der Waals surface area contributed by atoms with Gasteiger partial charge in [0.2, 0.25) is 5.88 Å². The Hall–Kier alpha value is -3.54. The van der Waals surface area contributed by atoms with Crippen molar-refractivity contribution in [2.45, 2.75) is 38.5 Å². The molecule has 32 heavy (non-hydrogen) atoms. The molecule has 2 aliphatic rings. The number of hydrogen-bond acceptors (Lipinski definition) is 6. The van der Waals surface area contributed by atoms with Crippen LogP contribution in [0.2, 0.25) is 0 Å². The topological polar surface area (TPSA) is 73.6 Å². The number of carbonyl (C=O) groups is 1. The Kier molecular flexibility index (Phi) is 5.21. The number of aromatic nitrogens is 1. The van der Waals surface area contributed by atoms with Gasteiger partial charge in [-0.3, -0.25) is 4.79 Å². The van der Waals surface area contributed by atoms with E-state index in [1.165, 1.54) is 0 Å². The molecule has 0 amide bonds. The maximum absolute atomic E-state index is 13.6. The molecule has 6 nitrogen and oxygen atoms in total. The zero-order valence-electron chi connectivity index (χ0n) is 18.5. The molecule has 1 aromatic heterocycles. The van der Waals surface area contributed by atoms with Gasteiger partial charge in [-0.2, -0.15) is 0 Å². The van der Waals surface area contributed by atoms with E-state index in [9.17, 15) is 4.79 Å². The number of ether oxygens (including phenoxy) is 2. The summed E-state index contributed by atoms with van der Waals surface area (Å²) in [5.74, 6) is 2.17. The van der Waals surface area contributed by atoms with Gasteiger partial charge < -0.3 is 19.3 Å². The predicted molar refractivity (Wildman–Crippen MR) is 121 cm³/mol. The molecule has 0 saturated carbocycles. The number of nitrogens with one attached hydrogen (secondary N) is 1. The molecule has 2 atom stereocenters. The molecular formula is C26H26N2O4. The normalized spacial score (nSPS) is 19.8. The number of rotatable bonds is 5. The third-order valence-corrected chi connectivity index (χ3v) is 6.37. The van der Waals surface area contributed by atoms with Crippen LogP contribution in [-0.4, -0.2) is 24.7 Å². The minimum atomic E-state index is -0.264. The van der Waals surface area contributed by atoms with Crippen LogP contribution in [0.5, 0.6) is 11.5 Å². The third-order valence-electron chi connectivity index (χ3n) is 6.37. The van der Waals surface area contributed by atoms with Gasteiger partial charge >= 0.3 is 0 Å². The first kappa shape index (κ1) is 20.4. The molecular weight excluding hydrogens is 404 g/mol. The number of fused-ring (bicyclic) bond motifs is 1. The summed E-state index contributed by atoms with van der Waals surface area (Å²) in [6.45, 7) is 4.43. The van der Waals surface area contributed by atoms with Crippen molar-refractivity contribution in [1.82, 2.24) is 5.16 Å². The Bertz CT molecular complexity index is 1190. The summed E-state index contributed by atoms with van der Waals surface area (Å²) in [6.07, 6.45) is 1.18. The van der Waals surface area contributed by atoms with Crippen LogP contribution < -0.4 is 14.8 Å². The monoisotopic (exact) mass is 430 g/mol. The quantitative estimate of drug-likeness (QED) is 0.588. The first-order chi connectivity index (χ1) is 15.6. The van der Waals surface area contributed by atoms with E-state index in [0.29, 0.717) is 18.9 Å². The average Bonchev–Trinajstić information content (AvgIpc) is 3.18. The molecule has 1 N–H and O–H groups in total. The first-order valence-corrected chi connectivity index (χ1v) is 11.0. The number of Topliss-reactive ketones (excluding diaryl/α,β-unsaturated/α-hetero) is 1. The summed E-state index contributed by atoms with van der Waals surface area (Å²) >= 11 is 0. The molecule has 0 spiro atoms. The molecule has 164 valence electrons. The van der Waals surface area contributed by atoms with Crippen molar-refractivity contribution in [3.8, 4) is 11.5 Å². The van der Waals surface area contributed by atoms with Crippen molar-refractivity contribution in [2.75, 3.05) is 19.0 Å². The number of nitrogens with zero attached hydrogens (tertiary/aromatic N) is 1. The van der Waals surface area contributed by atoms with E-state index in [2.05, 4.69) is 10.5 Å². The van der Waals surface area contributed by atoms with Gasteiger partial charge in [0.25, 0.3) is 0 Å². The van der Waals surface area contributed by atoms with Gasteiger partial charge in [-0.1, -0.05) is 35.5 Å².